The maximum absolute atomic E-state index is 13.1. The molecule has 1 fully saturated rings. The topological polar surface area (TPSA) is 57.3 Å². The average molecular weight is 446 g/mol. The van der Waals surface area contributed by atoms with Crippen molar-refractivity contribution in [1.82, 2.24) is 20.7 Å². The van der Waals surface area contributed by atoms with Gasteiger partial charge in [-0.15, -0.1) is 11.3 Å². The minimum Gasteiger partial charge on any atom is -0.324 e. The lowest BCUT2D eigenvalue weighted by molar-refractivity contribution is -0.137. The number of halogens is 3. The van der Waals surface area contributed by atoms with E-state index < -0.39 is 11.7 Å². The maximum Gasteiger partial charge on any atom is 0.416 e. The molecule has 2 unspecified atom stereocenters. The van der Waals surface area contributed by atoms with Gasteiger partial charge in [-0.1, -0.05) is 42.5 Å². The minimum atomic E-state index is -4.39. The van der Waals surface area contributed by atoms with E-state index in [4.69, 9.17) is 0 Å². The molecule has 4 rings (SSSR count). The Morgan fingerprint density at radius 1 is 1.10 bits per heavy atom. The predicted molar refractivity (Wildman–Crippen MR) is 113 cm³/mol. The third kappa shape index (κ3) is 4.48. The molecule has 1 aromatic heterocycles. The lowest BCUT2D eigenvalue weighted by Crippen LogP contribution is -2.45. The molecule has 9 heteroatoms. The molecule has 2 atom stereocenters. The van der Waals surface area contributed by atoms with E-state index in [0.29, 0.717) is 27.6 Å². The van der Waals surface area contributed by atoms with Crippen LogP contribution in [0.25, 0.3) is 10.6 Å². The second kappa shape index (κ2) is 8.41. The molecule has 2 N–H and O–H groups in total. The quantitative estimate of drug-likeness (QED) is 0.606. The molecule has 0 aliphatic carbocycles. The Morgan fingerprint density at radius 3 is 2.42 bits per heavy atom. The molecule has 1 aliphatic rings. The Morgan fingerprint density at radius 2 is 1.77 bits per heavy atom. The van der Waals surface area contributed by atoms with Gasteiger partial charge in [-0.3, -0.25) is 4.79 Å². The van der Waals surface area contributed by atoms with Crippen LogP contribution in [0, 0.1) is 6.92 Å². The third-order valence-electron chi connectivity index (χ3n) is 5.32. The first-order valence-corrected chi connectivity index (χ1v) is 10.5. The molecule has 31 heavy (non-hydrogen) atoms. The van der Waals surface area contributed by atoms with Crippen molar-refractivity contribution in [2.75, 3.05) is 7.05 Å². The number of nitrogens with zero attached hydrogens (tertiary/aromatic N) is 2. The number of carbonyl (C=O) groups excluding carboxylic acids is 1. The highest BCUT2D eigenvalue weighted by atomic mass is 32.1. The Bertz CT molecular complexity index is 1070. The molecule has 1 amide bonds. The molecular formula is C22H21F3N4OS. The number of benzene rings is 2. The number of alkyl halides is 3. The Hall–Kier alpha value is -2.75. The first kappa shape index (κ1) is 21.5. The van der Waals surface area contributed by atoms with E-state index in [1.807, 2.05) is 30.3 Å². The summed E-state index contributed by atoms with van der Waals surface area (Å²) in [6.07, 6.45) is -3.88. The summed E-state index contributed by atoms with van der Waals surface area (Å²) in [5, 5.41) is 0.516. The first-order chi connectivity index (χ1) is 14.7. The van der Waals surface area contributed by atoms with E-state index in [1.54, 1.807) is 18.9 Å². The van der Waals surface area contributed by atoms with Gasteiger partial charge in [0, 0.05) is 25.1 Å². The lowest BCUT2D eigenvalue weighted by Gasteiger charge is -2.23. The van der Waals surface area contributed by atoms with Crippen molar-refractivity contribution in [2.45, 2.75) is 31.7 Å². The molecule has 1 saturated heterocycles. The molecule has 0 bridgehead atoms. The summed E-state index contributed by atoms with van der Waals surface area (Å²) in [4.78, 5) is 19.6. The molecule has 0 saturated carbocycles. The molecule has 3 aromatic rings. The van der Waals surface area contributed by atoms with E-state index in [9.17, 15) is 18.0 Å². The summed E-state index contributed by atoms with van der Waals surface area (Å²) in [7, 11) is 1.73. The minimum absolute atomic E-state index is 0.0896. The van der Waals surface area contributed by atoms with Crippen molar-refractivity contribution in [3.63, 3.8) is 0 Å². The Balaban J connectivity index is 1.49. The molecular weight excluding hydrogens is 425 g/mol. The van der Waals surface area contributed by atoms with E-state index >= 15 is 0 Å². The summed E-state index contributed by atoms with van der Waals surface area (Å²) in [5.74, 6) is -0.179. The molecule has 5 nitrogen and oxygen atoms in total. The fourth-order valence-corrected chi connectivity index (χ4v) is 4.57. The number of hydrogen-bond donors (Lipinski definition) is 2. The number of hydrogen-bond acceptors (Lipinski definition) is 5. The SMILES string of the molecule is Cc1nc(-c2ccc(C(F)(F)F)cc2)sc1C(=O)N(C)C1CC(c2ccccc2)NN1. The number of aromatic nitrogens is 1. The summed E-state index contributed by atoms with van der Waals surface area (Å²) >= 11 is 1.19. The van der Waals surface area contributed by atoms with Gasteiger partial charge in [0.15, 0.2) is 0 Å². The number of nitrogens with one attached hydrogen (secondary N) is 2. The lowest BCUT2D eigenvalue weighted by atomic mass is 10.0. The van der Waals surface area contributed by atoms with Crippen LogP contribution in [0.4, 0.5) is 13.2 Å². The van der Waals surface area contributed by atoms with E-state index in [-0.39, 0.29) is 18.1 Å². The average Bonchev–Trinajstić information content (AvgIpc) is 3.40. The van der Waals surface area contributed by atoms with Crippen LogP contribution < -0.4 is 10.9 Å². The second-order valence-electron chi connectivity index (χ2n) is 7.43. The van der Waals surface area contributed by atoms with Crippen molar-refractivity contribution in [1.29, 1.82) is 0 Å². The van der Waals surface area contributed by atoms with Crippen LogP contribution >= 0.6 is 11.3 Å². The fourth-order valence-electron chi connectivity index (χ4n) is 3.52. The zero-order valence-electron chi connectivity index (χ0n) is 16.9. The molecule has 1 aliphatic heterocycles. The number of carbonyl (C=O) groups is 1. The normalized spacial score (nSPS) is 18.9. The number of amides is 1. The zero-order valence-corrected chi connectivity index (χ0v) is 17.7. The van der Waals surface area contributed by atoms with Crippen molar-refractivity contribution in [3.05, 3.63) is 76.3 Å². The van der Waals surface area contributed by atoms with Gasteiger partial charge in [0.2, 0.25) is 0 Å². The molecule has 162 valence electrons. The van der Waals surface area contributed by atoms with Crippen LogP contribution in [0.15, 0.2) is 54.6 Å². The van der Waals surface area contributed by atoms with E-state index in [2.05, 4.69) is 15.8 Å². The largest absolute Gasteiger partial charge is 0.416 e. The summed E-state index contributed by atoms with van der Waals surface area (Å²) in [6, 6.07) is 14.9. The standard InChI is InChI=1S/C22H21F3N4OS/c1-13-19(31-20(26-13)15-8-10-16(11-9-15)22(23,24)25)21(30)29(2)18-12-17(27-28-18)14-6-4-3-5-7-14/h3-11,17-18,27-28H,12H2,1-2H3. The highest BCUT2D eigenvalue weighted by molar-refractivity contribution is 7.17. The Labute approximate surface area is 181 Å². The number of rotatable bonds is 4. The van der Waals surface area contributed by atoms with Crippen molar-refractivity contribution >= 4 is 17.2 Å². The summed E-state index contributed by atoms with van der Waals surface area (Å²) in [5.41, 5.74) is 7.92. The highest BCUT2D eigenvalue weighted by Gasteiger charge is 2.32. The predicted octanol–water partition coefficient (Wildman–Crippen LogP) is 4.77. The van der Waals surface area contributed by atoms with Crippen molar-refractivity contribution in [2.24, 2.45) is 0 Å². The van der Waals surface area contributed by atoms with Gasteiger partial charge >= 0.3 is 6.18 Å². The zero-order chi connectivity index (χ0) is 22.2. The monoisotopic (exact) mass is 446 g/mol. The molecule has 2 heterocycles. The van der Waals surface area contributed by atoms with Crippen LogP contribution in [0.2, 0.25) is 0 Å². The highest BCUT2D eigenvalue weighted by Crippen LogP contribution is 2.33. The summed E-state index contributed by atoms with van der Waals surface area (Å²) in [6.45, 7) is 1.73. The smallest absolute Gasteiger partial charge is 0.324 e. The van der Waals surface area contributed by atoms with Crippen molar-refractivity contribution in [3.8, 4) is 10.6 Å². The van der Waals surface area contributed by atoms with Gasteiger partial charge < -0.3 is 4.90 Å². The second-order valence-corrected chi connectivity index (χ2v) is 8.43. The van der Waals surface area contributed by atoms with Gasteiger partial charge in [-0.05, 0) is 24.6 Å². The number of aryl methyl sites for hydroxylation is 1. The molecule has 0 spiro atoms. The maximum atomic E-state index is 13.1. The Kier molecular flexibility index (Phi) is 5.83. The first-order valence-electron chi connectivity index (χ1n) is 9.72. The number of thiazole rings is 1. The van der Waals surface area contributed by atoms with Crippen molar-refractivity contribution < 1.29 is 18.0 Å². The van der Waals surface area contributed by atoms with Gasteiger partial charge in [0.05, 0.1) is 17.4 Å². The summed E-state index contributed by atoms with van der Waals surface area (Å²) < 4.78 is 38.4. The van der Waals surface area contributed by atoms with Gasteiger partial charge in [-0.25, -0.2) is 15.8 Å². The van der Waals surface area contributed by atoms with E-state index in [1.165, 1.54) is 23.5 Å². The van der Waals surface area contributed by atoms with E-state index in [0.717, 1.165) is 17.7 Å². The third-order valence-corrected chi connectivity index (χ3v) is 6.52. The van der Waals surface area contributed by atoms with Gasteiger partial charge in [-0.2, -0.15) is 13.2 Å². The van der Waals surface area contributed by atoms with Crippen LogP contribution in [-0.4, -0.2) is 29.0 Å². The molecule has 2 aromatic carbocycles. The van der Waals surface area contributed by atoms with Gasteiger partial charge in [0.1, 0.15) is 9.88 Å². The van der Waals surface area contributed by atoms with Crippen LogP contribution in [-0.2, 0) is 6.18 Å². The fraction of sp³-hybridized carbons (Fsp3) is 0.273. The van der Waals surface area contributed by atoms with Crippen LogP contribution in [0.5, 0.6) is 0 Å². The van der Waals surface area contributed by atoms with Crippen LogP contribution in [0.3, 0.4) is 0 Å². The van der Waals surface area contributed by atoms with Gasteiger partial charge in [0.25, 0.3) is 5.91 Å². The van der Waals surface area contributed by atoms with Crippen LogP contribution in [0.1, 0.15) is 39.0 Å². The number of hydrazine groups is 1. The molecule has 0 radical (unpaired) electrons.